The summed E-state index contributed by atoms with van der Waals surface area (Å²) in [5.74, 6) is -1.98. The van der Waals surface area contributed by atoms with Crippen LogP contribution in [0.3, 0.4) is 0 Å². The van der Waals surface area contributed by atoms with Crippen molar-refractivity contribution in [1.29, 1.82) is 0 Å². The minimum absolute atomic E-state index is 0.497. The first-order valence-electron chi connectivity index (χ1n) is 6.44. The quantitative estimate of drug-likeness (QED) is 0.684. The number of carboxylic acid groups (broad SMARTS) is 2. The van der Waals surface area contributed by atoms with Gasteiger partial charge in [-0.05, 0) is 18.8 Å². The molecule has 2 amide bonds. The number of nitrogens with one attached hydrogen (secondary N) is 1. The van der Waals surface area contributed by atoms with Crippen LogP contribution in [0.5, 0.6) is 0 Å². The Bertz CT molecular complexity index is 350. The summed E-state index contributed by atoms with van der Waals surface area (Å²) < 4.78 is 0. The maximum absolute atomic E-state index is 11.8. The van der Waals surface area contributed by atoms with Crippen molar-refractivity contribution >= 4 is 18.0 Å². The summed E-state index contributed by atoms with van der Waals surface area (Å²) in [7, 11) is 0. The van der Waals surface area contributed by atoms with Crippen LogP contribution in [0.25, 0.3) is 0 Å². The molecule has 19 heavy (non-hydrogen) atoms. The predicted octanol–water partition coefficient (Wildman–Crippen LogP) is 0.746. The van der Waals surface area contributed by atoms with Crippen molar-refractivity contribution in [2.24, 2.45) is 5.92 Å². The molecular formula is C12H20N2O5. The van der Waals surface area contributed by atoms with Gasteiger partial charge in [-0.25, -0.2) is 9.59 Å². The van der Waals surface area contributed by atoms with Crippen LogP contribution in [0, 0.1) is 5.92 Å². The lowest BCUT2D eigenvalue weighted by Crippen LogP contribution is -2.50. The van der Waals surface area contributed by atoms with Crippen LogP contribution in [0.1, 0.15) is 32.6 Å². The molecule has 1 unspecified atom stereocenters. The van der Waals surface area contributed by atoms with E-state index in [4.69, 9.17) is 10.2 Å². The number of carboxylic acids is 2. The molecule has 3 N–H and O–H groups in total. The highest BCUT2D eigenvalue weighted by Crippen LogP contribution is 2.19. The van der Waals surface area contributed by atoms with Crippen molar-refractivity contribution in [1.82, 2.24) is 10.2 Å². The number of piperidine rings is 1. The molecule has 1 aliphatic heterocycles. The number of urea groups is 1. The number of carbonyl (C=O) groups excluding carboxylic acids is 1. The minimum Gasteiger partial charge on any atom is -0.481 e. The van der Waals surface area contributed by atoms with Crippen molar-refractivity contribution in [3.63, 3.8) is 0 Å². The van der Waals surface area contributed by atoms with Crippen molar-refractivity contribution in [3.8, 4) is 0 Å². The van der Waals surface area contributed by atoms with Gasteiger partial charge in [0.15, 0.2) is 0 Å². The fraction of sp³-hybridized carbons (Fsp3) is 0.750. The maximum Gasteiger partial charge on any atom is 0.326 e. The molecule has 0 bridgehead atoms. The molecule has 1 rings (SSSR count). The molecule has 0 aromatic rings. The zero-order valence-electron chi connectivity index (χ0n) is 11.0. The van der Waals surface area contributed by atoms with E-state index in [1.807, 2.05) is 0 Å². The summed E-state index contributed by atoms with van der Waals surface area (Å²) in [4.78, 5) is 34.8. The Kier molecular flexibility index (Phi) is 5.59. The minimum atomic E-state index is -1.38. The second kappa shape index (κ2) is 6.96. The molecule has 1 fully saturated rings. The van der Waals surface area contributed by atoms with Gasteiger partial charge in [0.05, 0.1) is 6.42 Å². The molecule has 0 aromatic carbocycles. The van der Waals surface area contributed by atoms with Gasteiger partial charge in [-0.3, -0.25) is 4.79 Å². The first kappa shape index (κ1) is 15.3. The van der Waals surface area contributed by atoms with E-state index >= 15 is 0 Å². The lowest BCUT2D eigenvalue weighted by atomic mass is 9.95. The molecule has 0 radical (unpaired) electrons. The Balaban J connectivity index is 2.48. The fourth-order valence-electron chi connectivity index (χ4n) is 2.16. The Labute approximate surface area is 111 Å². The smallest absolute Gasteiger partial charge is 0.326 e. The van der Waals surface area contributed by atoms with Gasteiger partial charge >= 0.3 is 18.0 Å². The summed E-state index contributed by atoms with van der Waals surface area (Å²) in [5.41, 5.74) is 0. The normalized spacial score (nSPS) is 17.8. The summed E-state index contributed by atoms with van der Waals surface area (Å²) >= 11 is 0. The zero-order valence-corrected chi connectivity index (χ0v) is 11.0. The highest BCUT2D eigenvalue weighted by atomic mass is 16.4. The van der Waals surface area contributed by atoms with E-state index < -0.39 is 30.4 Å². The van der Waals surface area contributed by atoms with Crippen LogP contribution in [-0.4, -0.2) is 52.2 Å². The Morgan fingerprint density at radius 1 is 1.26 bits per heavy atom. The number of hydrogen-bond donors (Lipinski definition) is 3. The van der Waals surface area contributed by atoms with E-state index in [2.05, 4.69) is 12.2 Å². The Hall–Kier alpha value is -1.79. The lowest BCUT2D eigenvalue weighted by Gasteiger charge is -2.32. The van der Waals surface area contributed by atoms with Crippen molar-refractivity contribution in [3.05, 3.63) is 0 Å². The van der Waals surface area contributed by atoms with Gasteiger partial charge in [-0.15, -0.1) is 0 Å². The molecule has 0 aliphatic carbocycles. The first-order chi connectivity index (χ1) is 8.93. The Morgan fingerprint density at radius 2 is 1.84 bits per heavy atom. The molecule has 1 aliphatic rings. The molecule has 0 spiro atoms. The molecule has 1 heterocycles. The summed E-state index contributed by atoms with van der Waals surface area (Å²) in [5, 5.41) is 19.7. The van der Waals surface area contributed by atoms with Gasteiger partial charge < -0.3 is 20.4 Å². The molecule has 7 nitrogen and oxygen atoms in total. The van der Waals surface area contributed by atoms with E-state index in [1.54, 1.807) is 4.90 Å². The van der Waals surface area contributed by atoms with E-state index in [-0.39, 0.29) is 0 Å². The van der Waals surface area contributed by atoms with E-state index in [9.17, 15) is 14.4 Å². The van der Waals surface area contributed by atoms with E-state index in [0.717, 1.165) is 19.3 Å². The van der Waals surface area contributed by atoms with Crippen LogP contribution in [0.2, 0.25) is 0 Å². The lowest BCUT2D eigenvalue weighted by molar-refractivity contribution is -0.145. The van der Waals surface area contributed by atoms with Crippen LogP contribution in [0.4, 0.5) is 4.79 Å². The second-order valence-corrected chi connectivity index (χ2v) is 4.78. The average molecular weight is 272 g/mol. The molecule has 1 atom stereocenters. The Morgan fingerprint density at radius 3 is 2.26 bits per heavy atom. The molecule has 108 valence electrons. The molecule has 7 heteroatoms. The SMILES string of the molecule is CCC1CCN(C(=O)NC(CC(=O)O)C(=O)O)CC1. The molecule has 0 aromatic heterocycles. The number of carbonyl (C=O) groups is 3. The zero-order chi connectivity index (χ0) is 14.4. The number of nitrogens with zero attached hydrogens (tertiary/aromatic N) is 1. The van der Waals surface area contributed by atoms with Gasteiger partial charge in [0.1, 0.15) is 6.04 Å². The molecule has 1 saturated heterocycles. The van der Waals surface area contributed by atoms with Crippen molar-refractivity contribution < 1.29 is 24.6 Å². The largest absolute Gasteiger partial charge is 0.481 e. The monoisotopic (exact) mass is 272 g/mol. The standard InChI is InChI=1S/C12H20N2O5/c1-2-8-3-5-14(6-4-8)12(19)13-9(11(17)18)7-10(15)16/h8-9H,2-7H2,1H3,(H,13,19)(H,15,16)(H,17,18). The summed E-state index contributed by atoms with van der Waals surface area (Å²) in [6, 6.07) is -1.88. The van der Waals surface area contributed by atoms with Crippen LogP contribution >= 0.6 is 0 Å². The van der Waals surface area contributed by atoms with E-state index in [1.165, 1.54) is 0 Å². The van der Waals surface area contributed by atoms with Crippen molar-refractivity contribution in [2.75, 3.05) is 13.1 Å². The molecular weight excluding hydrogens is 252 g/mol. The van der Waals surface area contributed by atoms with Gasteiger partial charge in [0, 0.05) is 13.1 Å². The third kappa shape index (κ3) is 4.76. The predicted molar refractivity (Wildman–Crippen MR) is 66.8 cm³/mol. The number of rotatable bonds is 5. The van der Waals surface area contributed by atoms with Crippen molar-refractivity contribution in [2.45, 2.75) is 38.6 Å². The van der Waals surface area contributed by atoms with Gasteiger partial charge in [-0.1, -0.05) is 13.3 Å². The first-order valence-corrected chi connectivity index (χ1v) is 6.44. The molecule has 0 saturated carbocycles. The number of aliphatic carboxylic acids is 2. The maximum atomic E-state index is 11.8. The number of likely N-dealkylation sites (tertiary alicyclic amines) is 1. The highest BCUT2D eigenvalue weighted by molar-refractivity contribution is 5.86. The van der Waals surface area contributed by atoms with E-state index in [0.29, 0.717) is 19.0 Å². The average Bonchev–Trinajstić information content (AvgIpc) is 2.37. The van der Waals surface area contributed by atoms with Gasteiger partial charge in [0.25, 0.3) is 0 Å². The van der Waals surface area contributed by atoms with Crippen LogP contribution in [-0.2, 0) is 9.59 Å². The van der Waals surface area contributed by atoms with Crippen LogP contribution in [0.15, 0.2) is 0 Å². The summed E-state index contributed by atoms with van der Waals surface area (Å²) in [6.07, 6.45) is 2.26. The topological polar surface area (TPSA) is 107 Å². The van der Waals surface area contributed by atoms with Gasteiger partial charge in [0.2, 0.25) is 0 Å². The summed E-state index contributed by atoms with van der Waals surface area (Å²) in [6.45, 7) is 3.28. The fourth-order valence-corrected chi connectivity index (χ4v) is 2.16. The number of amides is 2. The van der Waals surface area contributed by atoms with Crippen LogP contribution < -0.4 is 5.32 Å². The highest BCUT2D eigenvalue weighted by Gasteiger charge is 2.27. The third-order valence-electron chi connectivity index (χ3n) is 3.45. The third-order valence-corrected chi connectivity index (χ3v) is 3.45. The van der Waals surface area contributed by atoms with Gasteiger partial charge in [-0.2, -0.15) is 0 Å². The number of hydrogen-bond acceptors (Lipinski definition) is 3. The second-order valence-electron chi connectivity index (χ2n) is 4.78.